The van der Waals surface area contributed by atoms with E-state index in [4.69, 9.17) is 4.98 Å². The topological polar surface area (TPSA) is 28.2 Å². The molecule has 0 aliphatic heterocycles. The molecule has 0 radical (unpaired) electrons. The third-order valence-electron chi connectivity index (χ3n) is 4.22. The van der Waals surface area contributed by atoms with Gasteiger partial charge < -0.3 is 10.2 Å². The van der Waals surface area contributed by atoms with Crippen molar-refractivity contribution in [3.63, 3.8) is 0 Å². The van der Waals surface area contributed by atoms with Crippen LogP contribution in [-0.2, 0) is 6.54 Å². The van der Waals surface area contributed by atoms with Gasteiger partial charge in [-0.2, -0.15) is 0 Å². The fourth-order valence-corrected chi connectivity index (χ4v) is 4.02. The average Bonchev–Trinajstić information content (AvgIpc) is 3.34. The molecule has 0 saturated heterocycles. The number of thiazole rings is 1. The fraction of sp³-hybridized carbons (Fsp3) is 0.824. The summed E-state index contributed by atoms with van der Waals surface area (Å²) in [5, 5.41) is 4.90. The predicted molar refractivity (Wildman–Crippen MR) is 91.3 cm³/mol. The summed E-state index contributed by atoms with van der Waals surface area (Å²) in [6.45, 7) is 10.1. The Morgan fingerprint density at radius 1 is 1.29 bits per heavy atom. The average molecular weight is 308 g/mol. The molecule has 1 N–H and O–H groups in total. The van der Waals surface area contributed by atoms with Crippen molar-refractivity contribution < 1.29 is 0 Å². The predicted octanol–water partition coefficient (Wildman–Crippen LogP) is 4.14. The van der Waals surface area contributed by atoms with Gasteiger partial charge in [0.1, 0.15) is 0 Å². The Morgan fingerprint density at radius 3 is 2.62 bits per heavy atom. The summed E-state index contributed by atoms with van der Waals surface area (Å²) in [6.07, 6.45) is 6.63. The number of aromatic nitrogens is 1. The Hall–Kier alpha value is -0.610. The zero-order chi connectivity index (χ0) is 14.8. The molecule has 0 spiro atoms. The van der Waals surface area contributed by atoms with Gasteiger partial charge in [-0.1, -0.05) is 20.8 Å². The molecule has 2 saturated carbocycles. The van der Waals surface area contributed by atoms with E-state index in [2.05, 4.69) is 31.0 Å². The van der Waals surface area contributed by atoms with Crippen molar-refractivity contribution in [2.24, 2.45) is 5.92 Å². The Morgan fingerprint density at radius 2 is 2.05 bits per heavy atom. The first-order valence-corrected chi connectivity index (χ1v) is 9.47. The third kappa shape index (κ3) is 3.98. The van der Waals surface area contributed by atoms with Gasteiger partial charge in [0, 0.05) is 29.9 Å². The summed E-state index contributed by atoms with van der Waals surface area (Å²) in [6, 6.07) is 0.777. The molecule has 3 nitrogen and oxygen atoms in total. The van der Waals surface area contributed by atoms with E-state index >= 15 is 0 Å². The first kappa shape index (κ1) is 15.3. The quantitative estimate of drug-likeness (QED) is 0.743. The lowest BCUT2D eigenvalue weighted by Crippen LogP contribution is -2.26. The van der Waals surface area contributed by atoms with Crippen molar-refractivity contribution in [2.45, 2.75) is 71.4 Å². The van der Waals surface area contributed by atoms with Crippen LogP contribution in [0.2, 0.25) is 0 Å². The van der Waals surface area contributed by atoms with Gasteiger partial charge in [-0.15, -0.1) is 11.3 Å². The van der Waals surface area contributed by atoms with E-state index in [0.29, 0.717) is 5.92 Å². The zero-order valence-corrected chi connectivity index (χ0v) is 14.5. The molecule has 2 fully saturated rings. The highest BCUT2D eigenvalue weighted by atomic mass is 32.1. The lowest BCUT2D eigenvalue weighted by atomic mass is 10.2. The van der Waals surface area contributed by atoms with Gasteiger partial charge in [0.2, 0.25) is 0 Å². The molecule has 1 aromatic rings. The Labute approximate surface area is 133 Å². The van der Waals surface area contributed by atoms with Crippen molar-refractivity contribution >= 4 is 16.5 Å². The van der Waals surface area contributed by atoms with Crippen LogP contribution >= 0.6 is 11.3 Å². The number of hydrogen-bond donors (Lipinski definition) is 1. The smallest absolute Gasteiger partial charge is 0.186 e. The first-order chi connectivity index (χ1) is 10.2. The Kier molecular flexibility index (Phi) is 4.85. The van der Waals surface area contributed by atoms with E-state index in [1.807, 2.05) is 11.3 Å². The maximum atomic E-state index is 5.05. The molecule has 4 heteroatoms. The van der Waals surface area contributed by atoms with Crippen molar-refractivity contribution in [3.8, 4) is 0 Å². The number of nitrogens with one attached hydrogen (secondary N) is 1. The molecule has 0 atom stereocenters. The molecule has 0 bridgehead atoms. The van der Waals surface area contributed by atoms with Crippen LogP contribution in [0.4, 0.5) is 5.13 Å². The summed E-state index contributed by atoms with van der Waals surface area (Å²) >= 11 is 1.95. The summed E-state index contributed by atoms with van der Waals surface area (Å²) in [5.74, 6) is 1.47. The van der Waals surface area contributed by atoms with Gasteiger partial charge in [-0.25, -0.2) is 4.98 Å². The molecular weight excluding hydrogens is 278 g/mol. The molecule has 3 rings (SSSR count). The van der Waals surface area contributed by atoms with Crippen LogP contribution in [0, 0.1) is 5.92 Å². The second-order valence-corrected chi connectivity index (χ2v) is 8.09. The van der Waals surface area contributed by atoms with Gasteiger partial charge in [0.25, 0.3) is 0 Å². The Balaban J connectivity index is 1.72. The molecule has 0 unspecified atom stereocenters. The minimum atomic E-state index is 0.713. The van der Waals surface area contributed by atoms with Crippen LogP contribution in [0.25, 0.3) is 0 Å². The molecule has 0 aromatic carbocycles. The van der Waals surface area contributed by atoms with Crippen molar-refractivity contribution in [1.29, 1.82) is 0 Å². The van der Waals surface area contributed by atoms with E-state index < -0.39 is 0 Å². The molecule has 21 heavy (non-hydrogen) atoms. The third-order valence-corrected chi connectivity index (χ3v) is 5.32. The second-order valence-electron chi connectivity index (χ2n) is 7.03. The van der Waals surface area contributed by atoms with Gasteiger partial charge in [0.05, 0.1) is 5.69 Å². The monoisotopic (exact) mass is 307 g/mol. The summed E-state index contributed by atoms with van der Waals surface area (Å²) in [5.41, 5.74) is 1.41. The van der Waals surface area contributed by atoms with E-state index in [1.165, 1.54) is 54.4 Å². The molecule has 1 heterocycles. The number of anilines is 1. The maximum absolute atomic E-state index is 5.05. The van der Waals surface area contributed by atoms with E-state index in [9.17, 15) is 0 Å². The molecule has 2 aliphatic carbocycles. The van der Waals surface area contributed by atoms with Crippen LogP contribution in [0.5, 0.6) is 0 Å². The van der Waals surface area contributed by atoms with Crippen molar-refractivity contribution in [3.05, 3.63) is 10.6 Å². The molecule has 0 amide bonds. The van der Waals surface area contributed by atoms with Crippen LogP contribution in [0.3, 0.4) is 0 Å². The Bertz CT molecular complexity index is 461. The first-order valence-electron chi connectivity index (χ1n) is 8.66. The molecule has 2 aliphatic rings. The SMILES string of the molecule is CCCN(c1nc(C2CC2)c(CNCC(C)C)s1)C1CC1. The van der Waals surface area contributed by atoms with Gasteiger partial charge in [-0.3, -0.25) is 0 Å². The van der Waals surface area contributed by atoms with Gasteiger partial charge in [-0.05, 0) is 44.6 Å². The molecule has 1 aromatic heterocycles. The minimum Gasteiger partial charge on any atom is -0.345 e. The number of rotatable bonds is 9. The summed E-state index contributed by atoms with van der Waals surface area (Å²) in [4.78, 5) is 9.12. The maximum Gasteiger partial charge on any atom is 0.186 e. The van der Waals surface area contributed by atoms with E-state index in [1.54, 1.807) is 0 Å². The van der Waals surface area contributed by atoms with Gasteiger partial charge >= 0.3 is 0 Å². The fourth-order valence-electron chi connectivity index (χ4n) is 2.81. The van der Waals surface area contributed by atoms with Crippen LogP contribution in [-0.4, -0.2) is 24.1 Å². The van der Waals surface area contributed by atoms with E-state index in [-0.39, 0.29) is 0 Å². The highest BCUT2D eigenvalue weighted by molar-refractivity contribution is 7.15. The highest BCUT2D eigenvalue weighted by Gasteiger charge is 2.34. The lowest BCUT2D eigenvalue weighted by Gasteiger charge is -2.20. The number of hydrogen-bond acceptors (Lipinski definition) is 4. The largest absolute Gasteiger partial charge is 0.345 e. The standard InChI is InChI=1S/C17H29N3S/c1-4-9-20(14-7-8-14)17-19-16(13-5-6-13)15(21-17)11-18-10-12(2)3/h12-14,18H,4-11H2,1-3H3. The minimum absolute atomic E-state index is 0.713. The van der Waals surface area contributed by atoms with Crippen LogP contribution in [0.1, 0.15) is 69.4 Å². The van der Waals surface area contributed by atoms with Crippen LogP contribution in [0.15, 0.2) is 0 Å². The van der Waals surface area contributed by atoms with Crippen molar-refractivity contribution in [2.75, 3.05) is 18.0 Å². The van der Waals surface area contributed by atoms with E-state index in [0.717, 1.165) is 25.0 Å². The molecule has 118 valence electrons. The number of nitrogens with zero attached hydrogens (tertiary/aromatic N) is 2. The lowest BCUT2D eigenvalue weighted by molar-refractivity contribution is 0.553. The summed E-state index contributed by atoms with van der Waals surface area (Å²) < 4.78 is 0. The van der Waals surface area contributed by atoms with Gasteiger partial charge in [0.15, 0.2) is 5.13 Å². The highest BCUT2D eigenvalue weighted by Crippen LogP contribution is 2.45. The normalized spacial score (nSPS) is 18.5. The van der Waals surface area contributed by atoms with Crippen molar-refractivity contribution in [1.82, 2.24) is 10.3 Å². The zero-order valence-electron chi connectivity index (χ0n) is 13.7. The molecular formula is C17H29N3S. The summed E-state index contributed by atoms with van der Waals surface area (Å²) in [7, 11) is 0. The van der Waals surface area contributed by atoms with Crippen LogP contribution < -0.4 is 10.2 Å². The second kappa shape index (κ2) is 6.66.